The van der Waals surface area contributed by atoms with E-state index in [1.165, 1.54) is 12.8 Å². The van der Waals surface area contributed by atoms with Gasteiger partial charge in [-0.3, -0.25) is 0 Å². The predicted molar refractivity (Wildman–Crippen MR) is 52.7 cm³/mol. The van der Waals surface area contributed by atoms with Crippen LogP contribution in [-0.4, -0.2) is 10.1 Å². The third-order valence-electron chi connectivity index (χ3n) is 2.60. The van der Waals surface area contributed by atoms with E-state index in [4.69, 9.17) is 10.3 Å². The van der Waals surface area contributed by atoms with Gasteiger partial charge < -0.3 is 10.3 Å². The molecule has 0 aromatic carbocycles. The molecule has 14 heavy (non-hydrogen) atoms. The molecule has 4 nitrogen and oxygen atoms in total. The van der Waals surface area contributed by atoms with Crippen LogP contribution >= 0.6 is 0 Å². The Balaban J connectivity index is 2.15. The average Bonchev–Trinajstić information content (AvgIpc) is 2.82. The van der Waals surface area contributed by atoms with Gasteiger partial charge >= 0.3 is 0 Å². The summed E-state index contributed by atoms with van der Waals surface area (Å²) in [5, 5.41) is 3.93. The summed E-state index contributed by atoms with van der Waals surface area (Å²) in [6.45, 7) is 6.22. The van der Waals surface area contributed by atoms with Crippen LogP contribution in [0.1, 0.15) is 57.3 Å². The second kappa shape index (κ2) is 3.05. The maximum Gasteiger partial charge on any atom is 0.229 e. The monoisotopic (exact) mass is 195 g/mol. The summed E-state index contributed by atoms with van der Waals surface area (Å²) in [4.78, 5) is 4.34. The summed E-state index contributed by atoms with van der Waals surface area (Å²) in [7, 11) is 0. The first-order valence-electron chi connectivity index (χ1n) is 5.07. The molecule has 2 N–H and O–H groups in total. The highest BCUT2D eigenvalue weighted by Crippen LogP contribution is 2.39. The topological polar surface area (TPSA) is 64.9 Å². The van der Waals surface area contributed by atoms with E-state index < -0.39 is 0 Å². The lowest BCUT2D eigenvalue weighted by molar-refractivity contribution is 0.300. The number of rotatable bonds is 2. The van der Waals surface area contributed by atoms with Crippen LogP contribution in [0.3, 0.4) is 0 Å². The minimum absolute atomic E-state index is 0.0231. The Bertz CT molecular complexity index is 322. The van der Waals surface area contributed by atoms with Crippen molar-refractivity contribution in [2.24, 2.45) is 11.1 Å². The molecule has 0 amide bonds. The molecule has 1 unspecified atom stereocenters. The minimum atomic E-state index is -0.154. The fourth-order valence-electron chi connectivity index (χ4n) is 1.26. The highest BCUT2D eigenvalue weighted by Gasteiger charge is 2.32. The molecule has 1 aliphatic carbocycles. The quantitative estimate of drug-likeness (QED) is 0.783. The SMILES string of the molecule is CC(C)(C)C(N)c1noc(C2CC2)n1. The summed E-state index contributed by atoms with van der Waals surface area (Å²) in [6, 6.07) is -0.154. The third-order valence-corrected chi connectivity index (χ3v) is 2.60. The van der Waals surface area contributed by atoms with E-state index in [1.54, 1.807) is 0 Å². The third kappa shape index (κ3) is 1.80. The summed E-state index contributed by atoms with van der Waals surface area (Å²) in [5.74, 6) is 1.91. The largest absolute Gasteiger partial charge is 0.339 e. The lowest BCUT2D eigenvalue weighted by Crippen LogP contribution is -2.27. The van der Waals surface area contributed by atoms with Crippen LogP contribution in [0.4, 0.5) is 0 Å². The van der Waals surface area contributed by atoms with E-state index in [1.807, 2.05) is 0 Å². The highest BCUT2D eigenvalue weighted by atomic mass is 16.5. The fraction of sp³-hybridized carbons (Fsp3) is 0.800. The maximum atomic E-state index is 6.02. The molecule has 0 bridgehead atoms. The van der Waals surface area contributed by atoms with Crippen LogP contribution in [0.2, 0.25) is 0 Å². The molecule has 0 saturated heterocycles. The first-order valence-corrected chi connectivity index (χ1v) is 5.07. The summed E-state index contributed by atoms with van der Waals surface area (Å²) in [5.41, 5.74) is 6.00. The van der Waals surface area contributed by atoms with E-state index >= 15 is 0 Å². The van der Waals surface area contributed by atoms with Crippen molar-refractivity contribution >= 4 is 0 Å². The molecular weight excluding hydrogens is 178 g/mol. The first-order chi connectivity index (χ1) is 6.48. The van der Waals surface area contributed by atoms with Gasteiger partial charge in [-0.2, -0.15) is 4.98 Å². The fourth-order valence-corrected chi connectivity index (χ4v) is 1.26. The van der Waals surface area contributed by atoms with Crippen molar-refractivity contribution < 1.29 is 4.52 Å². The van der Waals surface area contributed by atoms with E-state index in [2.05, 4.69) is 30.9 Å². The first kappa shape index (κ1) is 9.65. The molecule has 4 heteroatoms. The minimum Gasteiger partial charge on any atom is -0.339 e. The van der Waals surface area contributed by atoms with Gasteiger partial charge in [0.25, 0.3) is 0 Å². The Labute approximate surface area is 83.9 Å². The molecule has 1 aromatic rings. The van der Waals surface area contributed by atoms with Gasteiger partial charge in [-0.1, -0.05) is 25.9 Å². The molecule has 1 aromatic heterocycles. The van der Waals surface area contributed by atoms with Crippen LogP contribution in [0.25, 0.3) is 0 Å². The Hall–Kier alpha value is -0.900. The number of hydrogen-bond acceptors (Lipinski definition) is 4. The van der Waals surface area contributed by atoms with Crippen LogP contribution in [0.15, 0.2) is 4.52 Å². The summed E-state index contributed by atoms with van der Waals surface area (Å²) in [6.07, 6.45) is 2.35. The van der Waals surface area contributed by atoms with Crippen molar-refractivity contribution in [2.45, 2.75) is 45.6 Å². The van der Waals surface area contributed by atoms with E-state index in [0.29, 0.717) is 11.7 Å². The molecule has 1 heterocycles. The van der Waals surface area contributed by atoms with Gasteiger partial charge in [0.1, 0.15) is 0 Å². The van der Waals surface area contributed by atoms with Gasteiger partial charge in [-0.25, -0.2) is 0 Å². The molecule has 78 valence electrons. The molecule has 1 atom stereocenters. The van der Waals surface area contributed by atoms with Crippen molar-refractivity contribution in [3.63, 3.8) is 0 Å². The molecule has 1 saturated carbocycles. The number of nitrogens with two attached hydrogens (primary N) is 1. The second-order valence-electron chi connectivity index (χ2n) is 5.11. The van der Waals surface area contributed by atoms with Crippen LogP contribution < -0.4 is 5.73 Å². The normalized spacial score (nSPS) is 19.7. The molecule has 0 spiro atoms. The van der Waals surface area contributed by atoms with Gasteiger partial charge in [0.05, 0.1) is 6.04 Å². The standard InChI is InChI=1S/C10H17N3O/c1-10(2,3)7(11)8-12-9(14-13-8)6-4-5-6/h6-7H,4-5,11H2,1-3H3. The van der Waals surface area contributed by atoms with Gasteiger partial charge in [0.2, 0.25) is 5.89 Å². The zero-order valence-electron chi connectivity index (χ0n) is 8.95. The van der Waals surface area contributed by atoms with Crippen molar-refractivity contribution in [3.8, 4) is 0 Å². The van der Waals surface area contributed by atoms with Gasteiger partial charge in [-0.15, -0.1) is 0 Å². The summed E-state index contributed by atoms with van der Waals surface area (Å²) >= 11 is 0. The molecule has 1 fully saturated rings. The van der Waals surface area contributed by atoms with Crippen LogP contribution in [0.5, 0.6) is 0 Å². The smallest absolute Gasteiger partial charge is 0.229 e. The van der Waals surface area contributed by atoms with E-state index in [0.717, 1.165) is 5.89 Å². The lowest BCUT2D eigenvalue weighted by atomic mass is 9.87. The van der Waals surface area contributed by atoms with Gasteiger partial charge in [0.15, 0.2) is 5.82 Å². The van der Waals surface area contributed by atoms with Crippen molar-refractivity contribution in [1.29, 1.82) is 0 Å². The second-order valence-corrected chi connectivity index (χ2v) is 5.11. The van der Waals surface area contributed by atoms with Crippen molar-refractivity contribution in [3.05, 3.63) is 11.7 Å². The Morgan fingerprint density at radius 3 is 2.57 bits per heavy atom. The molecule has 2 rings (SSSR count). The Morgan fingerprint density at radius 1 is 1.43 bits per heavy atom. The predicted octanol–water partition coefficient (Wildman–Crippen LogP) is 1.99. The van der Waals surface area contributed by atoms with E-state index in [9.17, 15) is 0 Å². The maximum absolute atomic E-state index is 6.02. The number of hydrogen-bond donors (Lipinski definition) is 1. The molecule has 1 aliphatic rings. The number of aromatic nitrogens is 2. The summed E-state index contributed by atoms with van der Waals surface area (Å²) < 4.78 is 5.16. The Kier molecular flexibility index (Phi) is 2.10. The zero-order chi connectivity index (χ0) is 10.3. The van der Waals surface area contributed by atoms with Crippen molar-refractivity contribution in [1.82, 2.24) is 10.1 Å². The zero-order valence-corrected chi connectivity index (χ0v) is 8.95. The van der Waals surface area contributed by atoms with Crippen LogP contribution in [-0.2, 0) is 0 Å². The van der Waals surface area contributed by atoms with Gasteiger partial charge in [0, 0.05) is 5.92 Å². The highest BCUT2D eigenvalue weighted by molar-refractivity contribution is 5.05. The Morgan fingerprint density at radius 2 is 2.07 bits per heavy atom. The van der Waals surface area contributed by atoms with Crippen LogP contribution in [0, 0.1) is 5.41 Å². The van der Waals surface area contributed by atoms with Gasteiger partial charge in [-0.05, 0) is 18.3 Å². The molecule has 0 aliphatic heterocycles. The average molecular weight is 195 g/mol. The molecular formula is C10H17N3O. The molecule has 0 radical (unpaired) electrons. The lowest BCUT2D eigenvalue weighted by Gasteiger charge is -2.23. The number of nitrogens with zero attached hydrogens (tertiary/aromatic N) is 2. The van der Waals surface area contributed by atoms with E-state index in [-0.39, 0.29) is 11.5 Å². The van der Waals surface area contributed by atoms with Crippen molar-refractivity contribution in [2.75, 3.05) is 0 Å².